The first kappa shape index (κ1) is 19.2. The van der Waals surface area contributed by atoms with Crippen molar-refractivity contribution in [1.82, 2.24) is 0 Å². The second kappa shape index (κ2) is 7.03. The highest BCUT2D eigenvalue weighted by Crippen LogP contribution is 2.55. The summed E-state index contributed by atoms with van der Waals surface area (Å²) in [4.78, 5) is 12.3. The van der Waals surface area contributed by atoms with E-state index in [4.69, 9.17) is 4.74 Å². The van der Waals surface area contributed by atoms with Gasteiger partial charge in [0.05, 0.1) is 5.60 Å². The van der Waals surface area contributed by atoms with Crippen molar-refractivity contribution >= 4 is 5.97 Å². The first-order valence-corrected chi connectivity index (χ1v) is 9.39. The van der Waals surface area contributed by atoms with Gasteiger partial charge < -0.3 is 9.84 Å². The topological polar surface area (TPSA) is 46.5 Å². The van der Waals surface area contributed by atoms with Gasteiger partial charge in [-0.1, -0.05) is 44.9 Å². The molecule has 0 radical (unpaired) electrons. The van der Waals surface area contributed by atoms with Crippen molar-refractivity contribution < 1.29 is 14.6 Å². The highest BCUT2D eigenvalue weighted by atomic mass is 16.5. The standard InChI is InChI=1S/C21H34O3/c1-7-15(4)12-19(22)24-18-9-11-21(6,23)17-13-16(14(2)3)8-10-20(17,18)5/h8,12,14,17-18,23H,7,9-11,13H2,1-6H3/b15-12+/t17-,18-,20-,21+/m1/s1. The van der Waals surface area contributed by atoms with Gasteiger partial charge >= 0.3 is 5.97 Å². The van der Waals surface area contributed by atoms with E-state index in [9.17, 15) is 9.90 Å². The molecule has 0 heterocycles. The van der Waals surface area contributed by atoms with Crippen molar-refractivity contribution in [3.05, 3.63) is 23.3 Å². The molecule has 0 saturated heterocycles. The van der Waals surface area contributed by atoms with Gasteiger partial charge in [0.1, 0.15) is 6.10 Å². The summed E-state index contributed by atoms with van der Waals surface area (Å²) in [5.41, 5.74) is 1.58. The van der Waals surface area contributed by atoms with Crippen LogP contribution in [0.3, 0.4) is 0 Å². The quantitative estimate of drug-likeness (QED) is 0.456. The van der Waals surface area contributed by atoms with Crippen LogP contribution < -0.4 is 0 Å². The normalized spacial score (nSPS) is 37.0. The smallest absolute Gasteiger partial charge is 0.330 e. The van der Waals surface area contributed by atoms with Crippen molar-refractivity contribution in [3.63, 3.8) is 0 Å². The summed E-state index contributed by atoms with van der Waals surface area (Å²) < 4.78 is 5.87. The van der Waals surface area contributed by atoms with Gasteiger partial charge in [-0.2, -0.15) is 0 Å². The Labute approximate surface area is 147 Å². The van der Waals surface area contributed by atoms with Crippen LogP contribution in [-0.4, -0.2) is 22.8 Å². The average Bonchev–Trinajstić information content (AvgIpc) is 2.50. The van der Waals surface area contributed by atoms with Crippen molar-refractivity contribution in [3.8, 4) is 0 Å². The van der Waals surface area contributed by atoms with Crippen LogP contribution in [0.4, 0.5) is 0 Å². The summed E-state index contributed by atoms with van der Waals surface area (Å²) >= 11 is 0. The van der Waals surface area contributed by atoms with E-state index in [0.29, 0.717) is 12.3 Å². The fraction of sp³-hybridized carbons (Fsp3) is 0.762. The Kier molecular flexibility index (Phi) is 5.64. The number of allylic oxidation sites excluding steroid dienone is 3. The zero-order chi connectivity index (χ0) is 18.1. The molecule has 1 saturated carbocycles. The predicted molar refractivity (Wildman–Crippen MR) is 97.5 cm³/mol. The lowest BCUT2D eigenvalue weighted by molar-refractivity contribution is -0.181. The fourth-order valence-corrected chi connectivity index (χ4v) is 4.40. The van der Waals surface area contributed by atoms with Crippen LogP contribution in [0.2, 0.25) is 0 Å². The maximum Gasteiger partial charge on any atom is 0.330 e. The Morgan fingerprint density at radius 3 is 2.71 bits per heavy atom. The van der Waals surface area contributed by atoms with Crippen LogP contribution >= 0.6 is 0 Å². The summed E-state index contributed by atoms with van der Waals surface area (Å²) in [5.74, 6) is 0.401. The highest BCUT2D eigenvalue weighted by Gasteiger charge is 2.55. The molecule has 3 nitrogen and oxygen atoms in total. The van der Waals surface area contributed by atoms with E-state index in [1.807, 2.05) is 20.8 Å². The molecule has 2 aliphatic carbocycles. The first-order valence-electron chi connectivity index (χ1n) is 9.39. The van der Waals surface area contributed by atoms with E-state index in [2.05, 4.69) is 26.8 Å². The zero-order valence-electron chi connectivity index (χ0n) is 16.2. The average molecular weight is 335 g/mol. The van der Waals surface area contributed by atoms with Gasteiger partial charge in [-0.15, -0.1) is 0 Å². The minimum atomic E-state index is -0.693. The summed E-state index contributed by atoms with van der Waals surface area (Å²) in [7, 11) is 0. The second-order valence-corrected chi connectivity index (χ2v) is 8.57. The number of esters is 1. The first-order chi connectivity index (χ1) is 11.1. The van der Waals surface area contributed by atoms with Gasteiger partial charge in [0.2, 0.25) is 0 Å². The summed E-state index contributed by atoms with van der Waals surface area (Å²) in [6.07, 6.45) is 7.85. The number of hydrogen-bond acceptors (Lipinski definition) is 3. The minimum absolute atomic E-state index is 0.124. The molecule has 24 heavy (non-hydrogen) atoms. The molecule has 136 valence electrons. The third-order valence-electron chi connectivity index (χ3n) is 6.36. The van der Waals surface area contributed by atoms with E-state index in [1.165, 1.54) is 5.57 Å². The molecular formula is C21H34O3. The number of hydrogen-bond donors (Lipinski definition) is 1. The molecule has 1 fully saturated rings. The number of rotatable bonds is 4. The molecule has 2 rings (SSSR count). The van der Waals surface area contributed by atoms with E-state index in [-0.39, 0.29) is 23.4 Å². The van der Waals surface area contributed by atoms with Crippen LogP contribution in [0.25, 0.3) is 0 Å². The molecule has 0 aromatic carbocycles. The van der Waals surface area contributed by atoms with Crippen LogP contribution in [0.5, 0.6) is 0 Å². The Hall–Kier alpha value is -1.09. The van der Waals surface area contributed by atoms with Crippen molar-refractivity contribution in [2.24, 2.45) is 17.3 Å². The van der Waals surface area contributed by atoms with Crippen LogP contribution in [0, 0.1) is 17.3 Å². The Balaban J connectivity index is 2.25. The van der Waals surface area contributed by atoms with Crippen LogP contribution in [0.15, 0.2) is 23.3 Å². The third kappa shape index (κ3) is 3.77. The Morgan fingerprint density at radius 2 is 2.12 bits per heavy atom. The molecule has 0 aromatic rings. The highest BCUT2D eigenvalue weighted by molar-refractivity contribution is 5.82. The van der Waals surface area contributed by atoms with E-state index >= 15 is 0 Å². The molecule has 2 aliphatic rings. The van der Waals surface area contributed by atoms with E-state index in [1.54, 1.807) is 6.08 Å². The maximum atomic E-state index is 12.3. The maximum absolute atomic E-state index is 12.3. The van der Waals surface area contributed by atoms with Crippen molar-refractivity contribution in [1.29, 1.82) is 0 Å². The molecule has 0 bridgehead atoms. The lowest BCUT2D eigenvalue weighted by Crippen LogP contribution is -2.57. The third-order valence-corrected chi connectivity index (χ3v) is 6.36. The van der Waals surface area contributed by atoms with Crippen LogP contribution in [0.1, 0.15) is 73.6 Å². The van der Waals surface area contributed by atoms with E-state index in [0.717, 1.165) is 31.3 Å². The molecule has 0 aromatic heterocycles. The SMILES string of the molecule is CC/C(C)=C/C(=O)O[C@@H]1CC[C@](C)(O)[C@@H]2CC(C(C)C)=CC[C@]21C. The summed E-state index contributed by atoms with van der Waals surface area (Å²) in [6, 6.07) is 0. The van der Waals surface area contributed by atoms with Gasteiger partial charge in [0.15, 0.2) is 0 Å². The van der Waals surface area contributed by atoms with Gasteiger partial charge in [-0.05, 0) is 51.9 Å². The van der Waals surface area contributed by atoms with Gasteiger partial charge in [0.25, 0.3) is 0 Å². The lowest BCUT2D eigenvalue weighted by atomic mass is 9.54. The number of carbonyl (C=O) groups excluding carboxylic acids is 1. The Bertz CT molecular complexity index is 541. The number of fused-ring (bicyclic) bond motifs is 1. The molecule has 0 aliphatic heterocycles. The number of ether oxygens (including phenoxy) is 1. The molecule has 0 spiro atoms. The minimum Gasteiger partial charge on any atom is -0.459 e. The monoisotopic (exact) mass is 334 g/mol. The second-order valence-electron chi connectivity index (χ2n) is 8.57. The molecule has 3 heteroatoms. The van der Waals surface area contributed by atoms with E-state index < -0.39 is 5.60 Å². The number of carbonyl (C=O) groups is 1. The van der Waals surface area contributed by atoms with Gasteiger partial charge in [0, 0.05) is 17.4 Å². The molecular weight excluding hydrogens is 300 g/mol. The van der Waals surface area contributed by atoms with Gasteiger partial charge in [-0.25, -0.2) is 4.79 Å². The lowest BCUT2D eigenvalue weighted by Gasteiger charge is -2.55. The molecule has 1 N–H and O–H groups in total. The zero-order valence-corrected chi connectivity index (χ0v) is 16.2. The largest absolute Gasteiger partial charge is 0.459 e. The van der Waals surface area contributed by atoms with Crippen LogP contribution in [-0.2, 0) is 9.53 Å². The number of aliphatic hydroxyl groups is 1. The summed E-state index contributed by atoms with van der Waals surface area (Å²) in [5, 5.41) is 11.0. The van der Waals surface area contributed by atoms with Gasteiger partial charge in [-0.3, -0.25) is 0 Å². The van der Waals surface area contributed by atoms with Crippen molar-refractivity contribution in [2.45, 2.75) is 85.4 Å². The predicted octanol–water partition coefficient (Wildman–Crippen LogP) is 4.80. The van der Waals surface area contributed by atoms with Crippen molar-refractivity contribution in [2.75, 3.05) is 0 Å². The molecule has 4 atom stereocenters. The fourth-order valence-electron chi connectivity index (χ4n) is 4.40. The Morgan fingerprint density at radius 1 is 1.46 bits per heavy atom. The molecule has 0 unspecified atom stereocenters. The summed E-state index contributed by atoms with van der Waals surface area (Å²) in [6.45, 7) is 12.6. The molecule has 0 amide bonds.